The Labute approximate surface area is 117 Å². The molecule has 6 heteroatoms. The van der Waals surface area contributed by atoms with Crippen LogP contribution in [0.2, 0.25) is 0 Å². The third kappa shape index (κ3) is 1.93. The average molecular weight is 274 g/mol. The van der Waals surface area contributed by atoms with Crippen molar-refractivity contribution in [3.8, 4) is 11.5 Å². The smallest absolute Gasteiger partial charge is 0.148 e. The number of nitrogens with two attached hydrogens (primary N) is 1. The Bertz CT molecular complexity index is 624. The normalized spacial score (nSPS) is 17.2. The predicted octanol–water partition coefficient (Wildman–Crippen LogP) is 1.89. The second-order valence-electron chi connectivity index (χ2n) is 4.73. The van der Waals surface area contributed by atoms with E-state index in [2.05, 4.69) is 10.4 Å². The third-order valence-corrected chi connectivity index (χ3v) is 3.63. The standard InChI is InChI=1S/C14H18N4O2/c1-19-9-3-4-13(20-2)10(7-9)12-5-6-16-14-11(15)8-17-18(12)14/h3-4,7-8,12,16H,5-6,15H2,1-2H3. The molecular formula is C14H18N4O2. The first-order chi connectivity index (χ1) is 9.74. The maximum atomic E-state index is 5.93. The molecule has 0 saturated carbocycles. The van der Waals surface area contributed by atoms with Crippen LogP contribution in [-0.4, -0.2) is 30.5 Å². The molecule has 0 spiro atoms. The zero-order valence-corrected chi connectivity index (χ0v) is 11.6. The van der Waals surface area contributed by atoms with E-state index in [9.17, 15) is 0 Å². The van der Waals surface area contributed by atoms with Crippen molar-refractivity contribution in [3.63, 3.8) is 0 Å². The summed E-state index contributed by atoms with van der Waals surface area (Å²) in [6.07, 6.45) is 2.59. The Kier molecular flexibility index (Phi) is 3.14. The van der Waals surface area contributed by atoms with Gasteiger partial charge in [0.25, 0.3) is 0 Å². The number of hydrogen-bond donors (Lipinski definition) is 2. The minimum Gasteiger partial charge on any atom is -0.497 e. The van der Waals surface area contributed by atoms with Crippen molar-refractivity contribution in [1.29, 1.82) is 0 Å². The fourth-order valence-electron chi connectivity index (χ4n) is 2.63. The second-order valence-corrected chi connectivity index (χ2v) is 4.73. The van der Waals surface area contributed by atoms with Crippen LogP contribution in [0.3, 0.4) is 0 Å². The van der Waals surface area contributed by atoms with Crippen LogP contribution in [-0.2, 0) is 0 Å². The summed E-state index contributed by atoms with van der Waals surface area (Å²) in [6, 6.07) is 5.90. The number of fused-ring (bicyclic) bond motifs is 1. The van der Waals surface area contributed by atoms with Gasteiger partial charge in [0.1, 0.15) is 17.3 Å². The zero-order chi connectivity index (χ0) is 14.1. The quantitative estimate of drug-likeness (QED) is 0.894. The maximum Gasteiger partial charge on any atom is 0.148 e. The number of rotatable bonds is 3. The molecule has 1 aliphatic rings. The molecule has 3 rings (SSSR count). The molecule has 0 amide bonds. The van der Waals surface area contributed by atoms with Crippen molar-refractivity contribution in [2.24, 2.45) is 0 Å². The van der Waals surface area contributed by atoms with E-state index >= 15 is 0 Å². The Balaban J connectivity index is 2.09. The summed E-state index contributed by atoms with van der Waals surface area (Å²) in [5, 5.41) is 7.66. The van der Waals surface area contributed by atoms with Crippen molar-refractivity contribution in [2.75, 3.05) is 31.8 Å². The molecule has 0 aliphatic carbocycles. The predicted molar refractivity (Wildman–Crippen MR) is 77.4 cm³/mol. The summed E-state index contributed by atoms with van der Waals surface area (Å²) in [4.78, 5) is 0. The number of aromatic nitrogens is 2. The van der Waals surface area contributed by atoms with Crippen LogP contribution in [0.15, 0.2) is 24.4 Å². The van der Waals surface area contributed by atoms with Crippen LogP contribution in [0.4, 0.5) is 11.5 Å². The van der Waals surface area contributed by atoms with Gasteiger partial charge in [-0.25, -0.2) is 4.68 Å². The van der Waals surface area contributed by atoms with E-state index in [1.54, 1.807) is 20.4 Å². The van der Waals surface area contributed by atoms with Gasteiger partial charge in [0, 0.05) is 12.1 Å². The van der Waals surface area contributed by atoms with E-state index in [4.69, 9.17) is 15.2 Å². The van der Waals surface area contributed by atoms with Crippen molar-refractivity contribution in [3.05, 3.63) is 30.0 Å². The molecular weight excluding hydrogens is 256 g/mol. The fraction of sp³-hybridized carbons (Fsp3) is 0.357. The number of nitrogens with one attached hydrogen (secondary N) is 1. The summed E-state index contributed by atoms with van der Waals surface area (Å²) >= 11 is 0. The number of benzene rings is 1. The van der Waals surface area contributed by atoms with Gasteiger partial charge in [-0.3, -0.25) is 0 Å². The van der Waals surface area contributed by atoms with Crippen molar-refractivity contribution < 1.29 is 9.47 Å². The van der Waals surface area contributed by atoms with Crippen LogP contribution < -0.4 is 20.5 Å². The highest BCUT2D eigenvalue weighted by Crippen LogP contribution is 2.38. The zero-order valence-electron chi connectivity index (χ0n) is 11.6. The highest BCUT2D eigenvalue weighted by atomic mass is 16.5. The monoisotopic (exact) mass is 274 g/mol. The minimum atomic E-state index is 0.0913. The van der Waals surface area contributed by atoms with E-state index in [1.165, 1.54) is 0 Å². The molecule has 1 aromatic heterocycles. The van der Waals surface area contributed by atoms with E-state index in [0.29, 0.717) is 5.69 Å². The first kappa shape index (κ1) is 12.7. The van der Waals surface area contributed by atoms with Gasteiger partial charge in [0.15, 0.2) is 0 Å². The number of hydrogen-bond acceptors (Lipinski definition) is 5. The molecule has 3 N–H and O–H groups in total. The summed E-state index contributed by atoms with van der Waals surface area (Å²) in [5.74, 6) is 2.50. The van der Waals surface area contributed by atoms with Gasteiger partial charge in [0.05, 0.1) is 32.1 Å². The SMILES string of the molecule is COc1ccc(OC)c(C2CCNc3c(N)cnn32)c1. The van der Waals surface area contributed by atoms with Crippen molar-refractivity contribution >= 4 is 11.5 Å². The van der Waals surface area contributed by atoms with Gasteiger partial charge in [-0.2, -0.15) is 5.10 Å². The van der Waals surface area contributed by atoms with E-state index in [0.717, 1.165) is 35.8 Å². The number of anilines is 2. The molecule has 0 bridgehead atoms. The number of ether oxygens (including phenoxy) is 2. The Hall–Kier alpha value is -2.37. The summed E-state index contributed by atoms with van der Waals surface area (Å²) < 4.78 is 12.7. The van der Waals surface area contributed by atoms with Gasteiger partial charge >= 0.3 is 0 Å². The second kappa shape index (κ2) is 4.96. The van der Waals surface area contributed by atoms with Crippen molar-refractivity contribution in [1.82, 2.24) is 9.78 Å². The molecule has 6 nitrogen and oxygen atoms in total. The van der Waals surface area contributed by atoms with Crippen LogP contribution >= 0.6 is 0 Å². The fourth-order valence-corrected chi connectivity index (χ4v) is 2.63. The molecule has 1 aliphatic heterocycles. The molecule has 1 atom stereocenters. The Morgan fingerprint density at radius 1 is 1.35 bits per heavy atom. The topological polar surface area (TPSA) is 74.3 Å². The first-order valence-electron chi connectivity index (χ1n) is 6.53. The summed E-state index contributed by atoms with van der Waals surface area (Å²) in [7, 11) is 3.33. The van der Waals surface area contributed by atoms with Crippen LogP contribution in [0.1, 0.15) is 18.0 Å². The lowest BCUT2D eigenvalue weighted by Crippen LogP contribution is -2.25. The molecule has 20 heavy (non-hydrogen) atoms. The molecule has 1 unspecified atom stereocenters. The Morgan fingerprint density at radius 3 is 2.95 bits per heavy atom. The lowest BCUT2D eigenvalue weighted by Gasteiger charge is -2.27. The van der Waals surface area contributed by atoms with Crippen molar-refractivity contribution in [2.45, 2.75) is 12.5 Å². The molecule has 0 radical (unpaired) electrons. The van der Waals surface area contributed by atoms with Crippen LogP contribution in [0.5, 0.6) is 11.5 Å². The molecule has 106 valence electrons. The van der Waals surface area contributed by atoms with Gasteiger partial charge in [-0.1, -0.05) is 0 Å². The Morgan fingerprint density at radius 2 is 2.20 bits per heavy atom. The average Bonchev–Trinajstić information content (AvgIpc) is 2.88. The van der Waals surface area contributed by atoms with Gasteiger partial charge in [-0.05, 0) is 24.6 Å². The van der Waals surface area contributed by atoms with E-state index in [1.807, 2.05) is 22.9 Å². The minimum absolute atomic E-state index is 0.0913. The molecule has 1 aromatic carbocycles. The largest absolute Gasteiger partial charge is 0.497 e. The number of methoxy groups -OCH3 is 2. The molecule has 2 aromatic rings. The lowest BCUT2D eigenvalue weighted by molar-refractivity contribution is 0.383. The first-order valence-corrected chi connectivity index (χ1v) is 6.53. The molecule has 2 heterocycles. The summed E-state index contributed by atoms with van der Waals surface area (Å²) in [5.41, 5.74) is 7.64. The molecule has 0 saturated heterocycles. The molecule has 0 fully saturated rings. The highest BCUT2D eigenvalue weighted by Gasteiger charge is 2.26. The van der Waals surface area contributed by atoms with Gasteiger partial charge in [0.2, 0.25) is 0 Å². The highest BCUT2D eigenvalue weighted by molar-refractivity contribution is 5.62. The third-order valence-electron chi connectivity index (χ3n) is 3.63. The van der Waals surface area contributed by atoms with Gasteiger partial charge in [-0.15, -0.1) is 0 Å². The van der Waals surface area contributed by atoms with Crippen LogP contribution in [0.25, 0.3) is 0 Å². The number of nitrogens with zero attached hydrogens (tertiary/aromatic N) is 2. The number of nitrogen functional groups attached to an aromatic ring is 1. The van der Waals surface area contributed by atoms with E-state index in [-0.39, 0.29) is 6.04 Å². The lowest BCUT2D eigenvalue weighted by atomic mass is 10.0. The van der Waals surface area contributed by atoms with E-state index < -0.39 is 0 Å². The van der Waals surface area contributed by atoms with Gasteiger partial charge < -0.3 is 20.5 Å². The summed E-state index contributed by atoms with van der Waals surface area (Å²) in [6.45, 7) is 0.848. The van der Waals surface area contributed by atoms with Crippen LogP contribution in [0, 0.1) is 0 Å². The maximum absolute atomic E-state index is 5.93.